The largest absolute Gasteiger partial charge is 0.619 e. The van der Waals surface area contributed by atoms with Crippen LogP contribution in [0, 0.1) is 0 Å². The van der Waals surface area contributed by atoms with Gasteiger partial charge < -0.3 is 30.4 Å². The molecular formula is C11H14N2O8. The third-order valence-corrected chi connectivity index (χ3v) is 2.85. The van der Waals surface area contributed by atoms with Gasteiger partial charge in [0.2, 0.25) is 0 Å². The van der Waals surface area contributed by atoms with Crippen LogP contribution in [0.3, 0.4) is 0 Å². The van der Waals surface area contributed by atoms with Crippen molar-refractivity contribution in [1.29, 1.82) is 0 Å². The first-order valence-electron chi connectivity index (χ1n) is 6.22. The fourth-order valence-corrected chi connectivity index (χ4v) is 1.69. The van der Waals surface area contributed by atoms with Gasteiger partial charge in [-0.3, -0.25) is 19.2 Å². The quantitative estimate of drug-likeness (QED) is 0.480. The van der Waals surface area contributed by atoms with E-state index in [1.165, 1.54) is 0 Å². The topological polar surface area (TPSA) is 157 Å². The molecule has 0 amide bonds. The molecule has 0 aromatic carbocycles. The number of esters is 4. The predicted octanol–water partition coefficient (Wildman–Crippen LogP) is -1.99. The van der Waals surface area contributed by atoms with Crippen LogP contribution in [0.1, 0.15) is 25.7 Å². The van der Waals surface area contributed by atoms with Gasteiger partial charge in [0, 0.05) is 12.8 Å². The highest BCUT2D eigenvalue weighted by Crippen LogP contribution is 2.26. The van der Waals surface area contributed by atoms with E-state index in [9.17, 15) is 19.2 Å². The molecular weight excluding hydrogens is 288 g/mol. The molecule has 2 atom stereocenters. The number of hydrogen-bond acceptors (Lipinski definition) is 10. The monoisotopic (exact) mass is 302 g/mol. The average Bonchev–Trinajstić information content (AvgIpc) is 2.39. The third kappa shape index (κ3) is 3.47. The van der Waals surface area contributed by atoms with Crippen LogP contribution in [-0.2, 0) is 38.1 Å². The zero-order valence-electron chi connectivity index (χ0n) is 10.9. The first kappa shape index (κ1) is 15.2. The summed E-state index contributed by atoms with van der Waals surface area (Å²) in [6, 6.07) is -2.29. The molecule has 1 spiro atoms. The Labute approximate surface area is 118 Å². The van der Waals surface area contributed by atoms with Gasteiger partial charge in [-0.1, -0.05) is 0 Å². The molecule has 2 rings (SSSR count). The third-order valence-electron chi connectivity index (χ3n) is 2.85. The minimum atomic E-state index is -2.90. The van der Waals surface area contributed by atoms with Crippen molar-refractivity contribution in [2.75, 3.05) is 0 Å². The number of rotatable bonds is 0. The van der Waals surface area contributed by atoms with Crippen molar-refractivity contribution < 1.29 is 38.1 Å². The number of carbonyl (C=O) groups is 4. The molecule has 0 aliphatic carbocycles. The lowest BCUT2D eigenvalue weighted by Crippen LogP contribution is -2.55. The van der Waals surface area contributed by atoms with Crippen molar-refractivity contribution in [2.24, 2.45) is 11.5 Å². The van der Waals surface area contributed by atoms with Gasteiger partial charge in [-0.25, -0.2) is 0 Å². The maximum absolute atomic E-state index is 11.7. The molecule has 2 fully saturated rings. The van der Waals surface area contributed by atoms with Gasteiger partial charge in [0.25, 0.3) is 0 Å². The summed E-state index contributed by atoms with van der Waals surface area (Å²) in [4.78, 5) is 46.5. The maximum Gasteiger partial charge on any atom is 0.619 e. The van der Waals surface area contributed by atoms with Crippen LogP contribution < -0.4 is 11.5 Å². The van der Waals surface area contributed by atoms with E-state index < -0.39 is 42.1 Å². The second-order valence-corrected chi connectivity index (χ2v) is 4.58. The molecule has 0 bridgehead atoms. The Balaban J connectivity index is 2.31. The van der Waals surface area contributed by atoms with E-state index in [0.29, 0.717) is 0 Å². The van der Waals surface area contributed by atoms with E-state index in [2.05, 4.69) is 18.9 Å². The second-order valence-electron chi connectivity index (χ2n) is 4.58. The van der Waals surface area contributed by atoms with Gasteiger partial charge >= 0.3 is 30.0 Å². The molecule has 21 heavy (non-hydrogen) atoms. The smallest absolute Gasteiger partial charge is 0.352 e. The van der Waals surface area contributed by atoms with Crippen LogP contribution in [0.5, 0.6) is 0 Å². The van der Waals surface area contributed by atoms with Gasteiger partial charge in [0.05, 0.1) is 0 Å². The Hall–Kier alpha value is -2.20. The second kappa shape index (κ2) is 5.66. The molecule has 10 nitrogen and oxygen atoms in total. The number of carbonyl (C=O) groups excluding carboxylic acids is 4. The molecule has 0 aromatic rings. The van der Waals surface area contributed by atoms with Gasteiger partial charge in [-0.05, 0) is 12.8 Å². The Morgan fingerprint density at radius 1 is 0.762 bits per heavy atom. The van der Waals surface area contributed by atoms with Crippen LogP contribution >= 0.6 is 0 Å². The van der Waals surface area contributed by atoms with E-state index in [0.717, 1.165) is 0 Å². The summed E-state index contributed by atoms with van der Waals surface area (Å²) in [6.45, 7) is 0. The van der Waals surface area contributed by atoms with Crippen LogP contribution in [0.2, 0.25) is 0 Å². The molecule has 0 aromatic heterocycles. The lowest BCUT2D eigenvalue weighted by atomic mass is 10.1. The van der Waals surface area contributed by atoms with Crippen molar-refractivity contribution in [3.8, 4) is 0 Å². The van der Waals surface area contributed by atoms with Crippen molar-refractivity contribution in [1.82, 2.24) is 0 Å². The minimum absolute atomic E-state index is 0.0187. The summed E-state index contributed by atoms with van der Waals surface area (Å²) < 4.78 is 18.7. The normalized spacial score (nSPS) is 34.6. The van der Waals surface area contributed by atoms with Crippen molar-refractivity contribution in [2.45, 2.75) is 43.9 Å². The molecule has 0 radical (unpaired) electrons. The fourth-order valence-electron chi connectivity index (χ4n) is 1.69. The number of ether oxygens (including phenoxy) is 4. The number of hydrogen-bond donors (Lipinski definition) is 2. The van der Waals surface area contributed by atoms with Gasteiger partial charge in [-0.2, -0.15) is 0 Å². The molecule has 4 N–H and O–H groups in total. The van der Waals surface area contributed by atoms with Crippen LogP contribution in [0.4, 0.5) is 0 Å². The summed E-state index contributed by atoms with van der Waals surface area (Å²) in [7, 11) is 0. The predicted molar refractivity (Wildman–Crippen MR) is 61.5 cm³/mol. The van der Waals surface area contributed by atoms with Crippen LogP contribution in [0.15, 0.2) is 0 Å². The van der Waals surface area contributed by atoms with Crippen molar-refractivity contribution in [3.63, 3.8) is 0 Å². The van der Waals surface area contributed by atoms with Gasteiger partial charge in [0.1, 0.15) is 12.1 Å². The Bertz CT molecular complexity index is 447. The van der Waals surface area contributed by atoms with Gasteiger partial charge in [-0.15, -0.1) is 0 Å². The highest BCUT2D eigenvalue weighted by molar-refractivity contribution is 5.82. The van der Waals surface area contributed by atoms with E-state index in [4.69, 9.17) is 11.5 Å². The molecule has 2 unspecified atom stereocenters. The summed E-state index contributed by atoms with van der Waals surface area (Å²) >= 11 is 0. The van der Waals surface area contributed by atoms with Gasteiger partial charge in [0.15, 0.2) is 0 Å². The zero-order chi connectivity index (χ0) is 15.6. The molecule has 116 valence electrons. The lowest BCUT2D eigenvalue weighted by Gasteiger charge is -2.33. The van der Waals surface area contributed by atoms with Crippen molar-refractivity contribution in [3.05, 3.63) is 0 Å². The average molecular weight is 302 g/mol. The van der Waals surface area contributed by atoms with E-state index in [1.807, 2.05) is 0 Å². The van der Waals surface area contributed by atoms with Crippen LogP contribution in [-0.4, -0.2) is 42.1 Å². The lowest BCUT2D eigenvalue weighted by molar-refractivity contribution is -0.435. The SMILES string of the molecule is NC1CCC(=O)OC2(OC(=O)CCC(N)C(=O)O2)OC1=O. The molecule has 2 heterocycles. The first-order chi connectivity index (χ1) is 9.81. The molecule has 2 saturated heterocycles. The molecule has 10 heteroatoms. The fraction of sp³-hybridized carbons (Fsp3) is 0.636. The standard InChI is InChI=1S/C11H14N2O8/c12-5-1-3-7(14)18-11(20-9(5)16)19-8(15)4-2-6(13)10(17)21-11/h5-6H,1-4,12-13H2. The highest BCUT2D eigenvalue weighted by Gasteiger charge is 2.53. The highest BCUT2D eigenvalue weighted by atomic mass is 17.0. The molecule has 0 saturated carbocycles. The van der Waals surface area contributed by atoms with E-state index in [1.54, 1.807) is 0 Å². The summed E-state index contributed by atoms with van der Waals surface area (Å²) in [5.74, 6) is -3.91. The summed E-state index contributed by atoms with van der Waals surface area (Å²) in [5.41, 5.74) is 11.0. The van der Waals surface area contributed by atoms with Crippen LogP contribution in [0.25, 0.3) is 0 Å². The zero-order valence-corrected chi connectivity index (χ0v) is 10.9. The first-order valence-corrected chi connectivity index (χ1v) is 6.22. The minimum Gasteiger partial charge on any atom is -0.352 e. The Kier molecular flexibility index (Phi) is 4.09. The number of nitrogens with two attached hydrogens (primary N) is 2. The maximum atomic E-state index is 11.7. The summed E-state index contributed by atoms with van der Waals surface area (Å²) in [5, 5.41) is 0. The van der Waals surface area contributed by atoms with E-state index in [-0.39, 0.29) is 25.7 Å². The molecule has 2 aliphatic rings. The summed E-state index contributed by atoms with van der Waals surface area (Å²) in [6.07, 6.45) is -3.42. The Morgan fingerprint density at radius 2 is 1.14 bits per heavy atom. The molecule has 2 aliphatic heterocycles. The Morgan fingerprint density at radius 3 is 1.52 bits per heavy atom. The van der Waals surface area contributed by atoms with Crippen molar-refractivity contribution >= 4 is 23.9 Å². The van der Waals surface area contributed by atoms with E-state index >= 15 is 0 Å².